The minimum absolute atomic E-state index is 0.246. The monoisotopic (exact) mass is 250 g/mol. The molecule has 94 valence electrons. The molecule has 0 aliphatic heterocycles. The Labute approximate surface area is 102 Å². The Kier molecular flexibility index (Phi) is 3.69. The predicted molar refractivity (Wildman–Crippen MR) is 62.3 cm³/mol. The molecule has 0 fully saturated rings. The maximum Gasteiger partial charge on any atom is 0.272 e. The fraction of sp³-hybridized carbons (Fsp3) is 0.167. The highest BCUT2D eigenvalue weighted by molar-refractivity contribution is 5.35. The van der Waals surface area contributed by atoms with E-state index in [-0.39, 0.29) is 5.69 Å². The van der Waals surface area contributed by atoms with E-state index in [2.05, 4.69) is 5.32 Å². The zero-order chi connectivity index (χ0) is 13.0. The molecule has 0 unspecified atom stereocenters. The molecule has 0 bridgehead atoms. The van der Waals surface area contributed by atoms with Crippen LogP contribution in [0.25, 0.3) is 0 Å². The molecule has 18 heavy (non-hydrogen) atoms. The van der Waals surface area contributed by atoms with Crippen LogP contribution in [0.4, 0.5) is 10.1 Å². The third-order valence-electron chi connectivity index (χ3n) is 2.36. The Morgan fingerprint density at radius 3 is 2.83 bits per heavy atom. The van der Waals surface area contributed by atoms with Crippen LogP contribution in [0.5, 0.6) is 0 Å². The first-order valence-corrected chi connectivity index (χ1v) is 5.32. The van der Waals surface area contributed by atoms with E-state index in [4.69, 9.17) is 4.42 Å². The third kappa shape index (κ3) is 3.14. The summed E-state index contributed by atoms with van der Waals surface area (Å²) in [6.45, 7) is 0.816. The van der Waals surface area contributed by atoms with Crippen LogP contribution in [-0.4, -0.2) is 4.92 Å². The van der Waals surface area contributed by atoms with E-state index in [0.717, 1.165) is 11.8 Å². The lowest BCUT2D eigenvalue weighted by Gasteiger charge is -2.03. The number of nitrogens with zero attached hydrogens (tertiary/aromatic N) is 1. The maximum absolute atomic E-state index is 13.1. The van der Waals surface area contributed by atoms with Crippen LogP contribution < -0.4 is 5.32 Å². The van der Waals surface area contributed by atoms with E-state index in [0.29, 0.717) is 18.7 Å². The summed E-state index contributed by atoms with van der Waals surface area (Å²) in [5.41, 5.74) is 0.276. The molecular weight excluding hydrogens is 239 g/mol. The number of nitro benzene ring substituents is 1. The second-order valence-electron chi connectivity index (χ2n) is 3.76. The number of rotatable bonds is 5. The number of hydrogen-bond donors (Lipinski definition) is 1. The van der Waals surface area contributed by atoms with Gasteiger partial charge in [0, 0.05) is 12.6 Å². The largest absolute Gasteiger partial charge is 0.468 e. The van der Waals surface area contributed by atoms with Crippen LogP contribution in [0.15, 0.2) is 41.0 Å². The molecule has 0 spiro atoms. The Bertz CT molecular complexity index is 540. The standard InChI is InChI=1S/C12H11FN2O3/c13-10-4-9(5-11(6-10)15(16)17)7-14-8-12-2-1-3-18-12/h1-6,14H,7-8H2. The van der Waals surface area contributed by atoms with Crippen molar-refractivity contribution in [2.45, 2.75) is 13.1 Å². The van der Waals surface area contributed by atoms with Crippen molar-refractivity contribution >= 4 is 5.69 Å². The molecule has 1 aromatic carbocycles. The van der Waals surface area contributed by atoms with Gasteiger partial charge >= 0.3 is 0 Å². The van der Waals surface area contributed by atoms with Crippen LogP contribution >= 0.6 is 0 Å². The van der Waals surface area contributed by atoms with Gasteiger partial charge in [-0.3, -0.25) is 10.1 Å². The Morgan fingerprint density at radius 2 is 2.17 bits per heavy atom. The van der Waals surface area contributed by atoms with Crippen molar-refractivity contribution in [1.29, 1.82) is 0 Å². The summed E-state index contributed by atoms with van der Waals surface area (Å²) in [7, 11) is 0. The minimum atomic E-state index is -0.612. The second-order valence-corrected chi connectivity index (χ2v) is 3.76. The van der Waals surface area contributed by atoms with Crippen molar-refractivity contribution in [3.05, 3.63) is 63.9 Å². The topological polar surface area (TPSA) is 68.3 Å². The van der Waals surface area contributed by atoms with Crippen LogP contribution in [-0.2, 0) is 13.1 Å². The fourth-order valence-corrected chi connectivity index (χ4v) is 1.58. The van der Waals surface area contributed by atoms with Gasteiger partial charge in [0.25, 0.3) is 5.69 Å². The molecule has 6 heteroatoms. The highest BCUT2D eigenvalue weighted by Gasteiger charge is 2.09. The van der Waals surface area contributed by atoms with Gasteiger partial charge in [-0.05, 0) is 23.8 Å². The van der Waals surface area contributed by atoms with Crippen LogP contribution in [0.1, 0.15) is 11.3 Å². The Morgan fingerprint density at radius 1 is 1.33 bits per heavy atom. The van der Waals surface area contributed by atoms with E-state index in [1.54, 1.807) is 18.4 Å². The molecule has 0 amide bonds. The smallest absolute Gasteiger partial charge is 0.272 e. The van der Waals surface area contributed by atoms with E-state index >= 15 is 0 Å². The minimum Gasteiger partial charge on any atom is -0.468 e. The molecule has 0 saturated carbocycles. The lowest BCUT2D eigenvalue weighted by atomic mass is 10.2. The van der Waals surface area contributed by atoms with Crippen LogP contribution in [0.2, 0.25) is 0 Å². The van der Waals surface area contributed by atoms with Gasteiger partial charge < -0.3 is 9.73 Å². The van der Waals surface area contributed by atoms with E-state index in [9.17, 15) is 14.5 Å². The third-order valence-corrected chi connectivity index (χ3v) is 2.36. The Balaban J connectivity index is 1.98. The van der Waals surface area contributed by atoms with Gasteiger partial charge in [0.05, 0.1) is 23.8 Å². The average molecular weight is 250 g/mol. The molecule has 1 aromatic heterocycles. The quantitative estimate of drug-likeness (QED) is 0.654. The van der Waals surface area contributed by atoms with Crippen LogP contribution in [0.3, 0.4) is 0 Å². The lowest BCUT2D eigenvalue weighted by molar-refractivity contribution is -0.385. The molecule has 0 aliphatic rings. The normalized spacial score (nSPS) is 10.5. The van der Waals surface area contributed by atoms with Gasteiger partial charge in [-0.2, -0.15) is 0 Å². The SMILES string of the molecule is O=[N+]([O-])c1cc(F)cc(CNCc2ccco2)c1. The number of nitro groups is 1. The molecule has 0 atom stereocenters. The number of non-ortho nitro benzene ring substituents is 1. The van der Waals surface area contributed by atoms with Crippen molar-refractivity contribution < 1.29 is 13.7 Å². The summed E-state index contributed by atoms with van der Waals surface area (Å²) in [5, 5.41) is 13.6. The summed E-state index contributed by atoms with van der Waals surface area (Å²) in [6, 6.07) is 7.08. The highest BCUT2D eigenvalue weighted by atomic mass is 19.1. The maximum atomic E-state index is 13.1. The van der Waals surface area contributed by atoms with Crippen molar-refractivity contribution in [3.63, 3.8) is 0 Å². The summed E-state index contributed by atoms with van der Waals surface area (Å²) >= 11 is 0. The highest BCUT2D eigenvalue weighted by Crippen LogP contribution is 2.16. The summed E-state index contributed by atoms with van der Waals surface area (Å²) in [4.78, 5) is 9.96. The van der Waals surface area contributed by atoms with Crippen LogP contribution in [0, 0.1) is 15.9 Å². The first-order chi connectivity index (χ1) is 8.65. The van der Waals surface area contributed by atoms with Gasteiger partial charge in [0.2, 0.25) is 0 Å². The second kappa shape index (κ2) is 5.42. The zero-order valence-corrected chi connectivity index (χ0v) is 9.43. The van der Waals surface area contributed by atoms with Crippen molar-refractivity contribution in [3.8, 4) is 0 Å². The number of furan rings is 1. The molecule has 1 N–H and O–H groups in total. The number of halogens is 1. The van der Waals surface area contributed by atoms with Gasteiger partial charge in [0.1, 0.15) is 11.6 Å². The molecule has 0 radical (unpaired) electrons. The number of benzene rings is 1. The molecule has 0 aliphatic carbocycles. The summed E-state index contributed by atoms with van der Waals surface area (Å²) in [6.07, 6.45) is 1.56. The van der Waals surface area contributed by atoms with E-state index in [1.807, 2.05) is 0 Å². The first kappa shape index (κ1) is 12.3. The van der Waals surface area contributed by atoms with Crippen molar-refractivity contribution in [2.75, 3.05) is 0 Å². The zero-order valence-electron chi connectivity index (χ0n) is 9.43. The molecular formula is C12H11FN2O3. The summed E-state index contributed by atoms with van der Waals surface area (Å²) in [5.74, 6) is 0.139. The number of hydrogen-bond acceptors (Lipinski definition) is 4. The van der Waals surface area contributed by atoms with Gasteiger partial charge in [-0.15, -0.1) is 0 Å². The summed E-state index contributed by atoms with van der Waals surface area (Å²) < 4.78 is 18.3. The van der Waals surface area contributed by atoms with E-state index < -0.39 is 10.7 Å². The van der Waals surface area contributed by atoms with Gasteiger partial charge in [0.15, 0.2) is 0 Å². The van der Waals surface area contributed by atoms with E-state index in [1.165, 1.54) is 12.1 Å². The first-order valence-electron chi connectivity index (χ1n) is 5.32. The van der Waals surface area contributed by atoms with Gasteiger partial charge in [-0.25, -0.2) is 4.39 Å². The molecule has 2 rings (SSSR count). The predicted octanol–water partition coefficient (Wildman–Crippen LogP) is 2.62. The number of nitrogens with one attached hydrogen (secondary N) is 1. The Hall–Kier alpha value is -2.21. The molecule has 1 heterocycles. The lowest BCUT2D eigenvalue weighted by Crippen LogP contribution is -2.12. The van der Waals surface area contributed by atoms with Crippen molar-refractivity contribution in [1.82, 2.24) is 5.32 Å². The molecule has 0 saturated heterocycles. The fourth-order valence-electron chi connectivity index (χ4n) is 1.58. The molecule has 5 nitrogen and oxygen atoms in total. The average Bonchev–Trinajstić information content (AvgIpc) is 2.81. The van der Waals surface area contributed by atoms with Gasteiger partial charge in [-0.1, -0.05) is 0 Å². The van der Waals surface area contributed by atoms with Crippen molar-refractivity contribution in [2.24, 2.45) is 0 Å². The molecule has 2 aromatic rings.